The van der Waals surface area contributed by atoms with E-state index in [1.165, 1.54) is 5.56 Å². The molecule has 0 saturated heterocycles. The fraction of sp³-hybridized carbons (Fsp3) is 0.571. The molecule has 0 aliphatic heterocycles. The van der Waals surface area contributed by atoms with E-state index in [0.717, 1.165) is 32.1 Å². The summed E-state index contributed by atoms with van der Waals surface area (Å²) in [5.41, 5.74) is 1.34. The third kappa shape index (κ3) is 7.00. The van der Waals surface area contributed by atoms with Gasteiger partial charge in [-0.1, -0.05) is 36.4 Å². The zero-order valence-electron chi connectivity index (χ0n) is 15.8. The molecule has 1 aromatic carbocycles. The minimum atomic E-state index is -0.670. The molecule has 26 heavy (non-hydrogen) atoms. The van der Waals surface area contributed by atoms with Crippen molar-refractivity contribution in [3.05, 3.63) is 48.0 Å². The summed E-state index contributed by atoms with van der Waals surface area (Å²) in [7, 11) is 3.12. The van der Waals surface area contributed by atoms with Gasteiger partial charge in [-0.15, -0.1) is 0 Å². The molecule has 1 aliphatic carbocycles. The minimum Gasteiger partial charge on any atom is -0.359 e. The lowest BCUT2D eigenvalue weighted by Crippen LogP contribution is -2.39. The molecule has 0 amide bonds. The van der Waals surface area contributed by atoms with Crippen LogP contribution in [-0.2, 0) is 30.2 Å². The summed E-state index contributed by atoms with van der Waals surface area (Å²) >= 11 is 0. The molecule has 0 saturated carbocycles. The highest BCUT2D eigenvalue weighted by Gasteiger charge is 2.30. The first-order valence-electron chi connectivity index (χ1n) is 9.20. The van der Waals surface area contributed by atoms with Crippen molar-refractivity contribution in [2.24, 2.45) is 5.92 Å². The van der Waals surface area contributed by atoms with Gasteiger partial charge in [0.2, 0.25) is 0 Å². The number of carbonyl (C=O) groups excluding carboxylic acids is 1. The predicted octanol–water partition coefficient (Wildman–Crippen LogP) is 3.52. The van der Waals surface area contributed by atoms with Crippen LogP contribution >= 0.6 is 0 Å². The summed E-state index contributed by atoms with van der Waals surface area (Å²) in [6.45, 7) is 0.197. The topological polar surface area (TPSA) is 54.0 Å². The second-order valence-electron chi connectivity index (χ2n) is 6.62. The Bertz CT molecular complexity index is 543. The van der Waals surface area contributed by atoms with Gasteiger partial charge in [-0.3, -0.25) is 4.79 Å². The van der Waals surface area contributed by atoms with Crippen molar-refractivity contribution in [2.45, 2.75) is 44.3 Å². The summed E-state index contributed by atoms with van der Waals surface area (Å²) in [4.78, 5) is 12.5. The Labute approximate surface area is 156 Å². The number of methoxy groups -OCH3 is 2. The summed E-state index contributed by atoms with van der Waals surface area (Å²) < 4.78 is 21.5. The molecule has 0 fully saturated rings. The molecule has 0 N–H and O–H groups in total. The molecule has 3 unspecified atom stereocenters. The molecule has 0 heterocycles. The number of carbonyl (C=O) groups is 1. The monoisotopic (exact) mass is 362 g/mol. The van der Waals surface area contributed by atoms with Crippen molar-refractivity contribution >= 4 is 5.78 Å². The summed E-state index contributed by atoms with van der Waals surface area (Å²) in [6, 6.07) is 10.5. The van der Waals surface area contributed by atoms with Gasteiger partial charge in [0.15, 0.2) is 5.78 Å². The van der Waals surface area contributed by atoms with E-state index in [1.54, 1.807) is 20.3 Å². The lowest BCUT2D eigenvalue weighted by molar-refractivity contribution is -0.169. The molecule has 5 nitrogen and oxygen atoms in total. The van der Waals surface area contributed by atoms with Crippen LogP contribution < -0.4 is 0 Å². The Morgan fingerprint density at radius 1 is 0.962 bits per heavy atom. The second kappa shape index (κ2) is 12.0. The largest absolute Gasteiger partial charge is 0.359 e. The quantitative estimate of drug-likeness (QED) is 0.662. The number of benzene rings is 1. The second-order valence-corrected chi connectivity index (χ2v) is 6.62. The van der Waals surface area contributed by atoms with Crippen LogP contribution in [0.15, 0.2) is 42.5 Å². The Morgan fingerprint density at radius 2 is 1.69 bits per heavy atom. The number of ether oxygens (including phenoxy) is 4. The van der Waals surface area contributed by atoms with Crippen molar-refractivity contribution in [1.82, 2.24) is 0 Å². The van der Waals surface area contributed by atoms with Gasteiger partial charge in [0.25, 0.3) is 0 Å². The van der Waals surface area contributed by atoms with E-state index < -0.39 is 6.10 Å². The fourth-order valence-corrected chi connectivity index (χ4v) is 3.31. The Kier molecular flexibility index (Phi) is 9.56. The van der Waals surface area contributed by atoms with Crippen LogP contribution in [0.25, 0.3) is 0 Å². The van der Waals surface area contributed by atoms with Crippen LogP contribution in [0, 0.1) is 5.92 Å². The molecular weight excluding hydrogens is 332 g/mol. The SMILES string of the molecule is COCOC1CCC(Cc2ccccc2)CC/C=C\C(=O)C1OCOC. The minimum absolute atomic E-state index is 0.0601. The third-order valence-corrected chi connectivity index (χ3v) is 4.63. The molecule has 0 bridgehead atoms. The van der Waals surface area contributed by atoms with Crippen molar-refractivity contribution in [1.29, 1.82) is 0 Å². The van der Waals surface area contributed by atoms with Crippen LogP contribution in [0.4, 0.5) is 0 Å². The van der Waals surface area contributed by atoms with Gasteiger partial charge in [0.05, 0.1) is 6.10 Å². The molecule has 2 rings (SSSR count). The maximum atomic E-state index is 12.5. The lowest BCUT2D eigenvalue weighted by atomic mass is 9.87. The number of rotatable bonds is 8. The summed E-state index contributed by atoms with van der Waals surface area (Å²) in [5.74, 6) is 0.455. The van der Waals surface area contributed by atoms with Crippen molar-refractivity contribution in [3.8, 4) is 0 Å². The first-order valence-corrected chi connectivity index (χ1v) is 9.20. The molecule has 0 spiro atoms. The zero-order chi connectivity index (χ0) is 18.6. The van der Waals surface area contributed by atoms with Gasteiger partial charge >= 0.3 is 0 Å². The van der Waals surface area contributed by atoms with E-state index in [4.69, 9.17) is 18.9 Å². The van der Waals surface area contributed by atoms with Gasteiger partial charge < -0.3 is 18.9 Å². The van der Waals surface area contributed by atoms with Crippen LogP contribution in [0.1, 0.15) is 31.2 Å². The van der Waals surface area contributed by atoms with E-state index in [-0.39, 0.29) is 25.5 Å². The van der Waals surface area contributed by atoms with Crippen LogP contribution in [0.3, 0.4) is 0 Å². The zero-order valence-corrected chi connectivity index (χ0v) is 15.8. The van der Waals surface area contributed by atoms with E-state index in [9.17, 15) is 4.79 Å². The van der Waals surface area contributed by atoms with Crippen molar-refractivity contribution in [2.75, 3.05) is 27.8 Å². The molecule has 0 radical (unpaired) electrons. The maximum absolute atomic E-state index is 12.5. The van der Waals surface area contributed by atoms with Crippen LogP contribution in [-0.4, -0.2) is 45.8 Å². The Hall–Kier alpha value is -1.53. The Morgan fingerprint density at radius 3 is 2.42 bits per heavy atom. The molecule has 3 atom stereocenters. The average Bonchev–Trinajstić information content (AvgIpc) is 2.66. The summed E-state index contributed by atoms with van der Waals surface area (Å²) in [6.07, 6.45) is 7.24. The normalized spacial score (nSPS) is 25.8. The Balaban J connectivity index is 2.09. The molecule has 0 aromatic heterocycles. The van der Waals surface area contributed by atoms with E-state index >= 15 is 0 Å². The first-order chi connectivity index (χ1) is 12.7. The highest BCUT2D eigenvalue weighted by molar-refractivity contribution is 5.94. The smallest absolute Gasteiger partial charge is 0.186 e. The lowest BCUT2D eigenvalue weighted by Gasteiger charge is -2.28. The average molecular weight is 362 g/mol. The van der Waals surface area contributed by atoms with Gasteiger partial charge in [-0.25, -0.2) is 0 Å². The highest BCUT2D eigenvalue weighted by atomic mass is 16.7. The van der Waals surface area contributed by atoms with Crippen molar-refractivity contribution < 1.29 is 23.7 Å². The number of allylic oxidation sites excluding steroid dienone is 1. The summed E-state index contributed by atoms with van der Waals surface area (Å²) in [5, 5.41) is 0. The van der Waals surface area contributed by atoms with Crippen LogP contribution in [0.5, 0.6) is 0 Å². The molecule has 144 valence electrons. The third-order valence-electron chi connectivity index (χ3n) is 4.63. The standard InChI is InChI=1S/C21H30O5/c1-23-15-25-20-13-12-18(14-17-8-4-3-5-9-17)10-6-7-11-19(22)21(20)26-16-24-2/h3-5,7-9,11,18,20-21H,6,10,12-16H2,1-2H3/b11-7-. The number of hydrogen-bond acceptors (Lipinski definition) is 5. The van der Waals surface area contributed by atoms with Gasteiger partial charge in [-0.05, 0) is 49.7 Å². The molecule has 1 aliphatic rings. The van der Waals surface area contributed by atoms with Crippen LogP contribution in [0.2, 0.25) is 0 Å². The van der Waals surface area contributed by atoms with E-state index in [2.05, 4.69) is 24.3 Å². The molecule has 5 heteroatoms. The first kappa shape index (κ1) is 20.8. The van der Waals surface area contributed by atoms with Gasteiger partial charge in [0.1, 0.15) is 19.7 Å². The highest BCUT2D eigenvalue weighted by Crippen LogP contribution is 2.25. The van der Waals surface area contributed by atoms with E-state index in [1.807, 2.05) is 12.1 Å². The number of hydrogen-bond donors (Lipinski definition) is 0. The fourth-order valence-electron chi connectivity index (χ4n) is 3.31. The predicted molar refractivity (Wildman–Crippen MR) is 99.7 cm³/mol. The molecule has 1 aromatic rings. The van der Waals surface area contributed by atoms with Gasteiger partial charge in [-0.2, -0.15) is 0 Å². The molecular formula is C21H30O5. The van der Waals surface area contributed by atoms with Gasteiger partial charge in [0, 0.05) is 14.2 Å². The number of ketones is 1. The van der Waals surface area contributed by atoms with Crippen molar-refractivity contribution in [3.63, 3.8) is 0 Å². The van der Waals surface area contributed by atoms with E-state index in [0.29, 0.717) is 5.92 Å². The maximum Gasteiger partial charge on any atom is 0.186 e.